The number of nitrogens with zero attached hydrogens (tertiary/aromatic N) is 1. The Morgan fingerprint density at radius 2 is 1.95 bits per heavy atom. The Balaban J connectivity index is 1.83. The summed E-state index contributed by atoms with van der Waals surface area (Å²) in [6.45, 7) is 7.49. The van der Waals surface area contributed by atoms with E-state index in [1.165, 1.54) is 6.42 Å². The number of halogens is 2. The lowest BCUT2D eigenvalue weighted by molar-refractivity contribution is -0.116. The molecule has 1 amide bonds. The van der Waals surface area contributed by atoms with Crippen molar-refractivity contribution in [1.29, 1.82) is 0 Å². The first-order chi connectivity index (χ1) is 9.94. The van der Waals surface area contributed by atoms with Gasteiger partial charge in [-0.15, -0.1) is 0 Å². The molecule has 0 radical (unpaired) electrons. The number of amides is 1. The molecule has 1 fully saturated rings. The van der Waals surface area contributed by atoms with E-state index in [4.69, 9.17) is 23.2 Å². The fourth-order valence-corrected chi connectivity index (χ4v) is 3.38. The van der Waals surface area contributed by atoms with Crippen LogP contribution in [0.2, 0.25) is 10.0 Å². The van der Waals surface area contributed by atoms with Crippen LogP contribution < -0.4 is 5.32 Å². The molecule has 1 heterocycles. The van der Waals surface area contributed by atoms with Crippen LogP contribution in [0, 0.1) is 11.8 Å². The van der Waals surface area contributed by atoms with Gasteiger partial charge in [0.15, 0.2) is 0 Å². The number of anilines is 1. The lowest BCUT2D eigenvalue weighted by Crippen LogP contribution is -2.40. The largest absolute Gasteiger partial charge is 0.325 e. The number of likely N-dealkylation sites (tertiary alicyclic amines) is 1. The van der Waals surface area contributed by atoms with Crippen LogP contribution in [0.4, 0.5) is 5.69 Å². The second kappa shape index (κ2) is 7.48. The molecular formula is C16H22Cl2N2O. The predicted molar refractivity (Wildman–Crippen MR) is 89.1 cm³/mol. The van der Waals surface area contributed by atoms with Crippen LogP contribution in [0.15, 0.2) is 18.2 Å². The molecule has 21 heavy (non-hydrogen) atoms. The molecule has 1 aliphatic rings. The number of hydrogen-bond acceptors (Lipinski definition) is 2. The summed E-state index contributed by atoms with van der Waals surface area (Å²) in [6, 6.07) is 5.07. The standard InChI is InChI=1S/C16H22Cl2N2O/c1-11-7-12(2)10-20(9-11)6-5-16(21)19-15-8-13(17)3-4-14(15)18/h3-4,8,11-12H,5-7,9-10H2,1-2H3,(H,19,21). The number of piperidine rings is 1. The molecular weight excluding hydrogens is 307 g/mol. The van der Waals surface area contributed by atoms with Crippen molar-refractivity contribution < 1.29 is 4.79 Å². The summed E-state index contributed by atoms with van der Waals surface area (Å²) in [4.78, 5) is 14.4. The maximum absolute atomic E-state index is 12.0. The van der Waals surface area contributed by atoms with Crippen LogP contribution in [0.1, 0.15) is 26.7 Å². The predicted octanol–water partition coefficient (Wildman–Crippen LogP) is 4.30. The number of carbonyl (C=O) groups is 1. The van der Waals surface area contributed by atoms with Gasteiger partial charge in [0.05, 0.1) is 10.7 Å². The van der Waals surface area contributed by atoms with Crippen LogP contribution in [-0.4, -0.2) is 30.4 Å². The van der Waals surface area contributed by atoms with E-state index in [-0.39, 0.29) is 5.91 Å². The number of rotatable bonds is 4. The molecule has 116 valence electrons. The van der Waals surface area contributed by atoms with Gasteiger partial charge in [-0.3, -0.25) is 4.79 Å². The molecule has 0 bridgehead atoms. The monoisotopic (exact) mass is 328 g/mol. The van der Waals surface area contributed by atoms with Gasteiger partial charge in [0.2, 0.25) is 5.91 Å². The highest BCUT2D eigenvalue weighted by atomic mass is 35.5. The van der Waals surface area contributed by atoms with Gasteiger partial charge in [0.25, 0.3) is 0 Å². The van der Waals surface area contributed by atoms with Gasteiger partial charge >= 0.3 is 0 Å². The highest BCUT2D eigenvalue weighted by Crippen LogP contribution is 2.25. The van der Waals surface area contributed by atoms with Crippen molar-refractivity contribution in [2.75, 3.05) is 25.0 Å². The van der Waals surface area contributed by atoms with Crippen molar-refractivity contribution in [3.8, 4) is 0 Å². The average molecular weight is 329 g/mol. The Morgan fingerprint density at radius 1 is 1.29 bits per heavy atom. The number of carbonyl (C=O) groups excluding carboxylic acids is 1. The van der Waals surface area contributed by atoms with E-state index < -0.39 is 0 Å². The summed E-state index contributed by atoms with van der Waals surface area (Å²) in [6.07, 6.45) is 1.75. The minimum atomic E-state index is -0.0231. The van der Waals surface area contributed by atoms with Gasteiger partial charge in [-0.25, -0.2) is 0 Å². The van der Waals surface area contributed by atoms with E-state index in [1.807, 2.05) is 0 Å². The molecule has 2 atom stereocenters. The summed E-state index contributed by atoms with van der Waals surface area (Å²) < 4.78 is 0. The van der Waals surface area contributed by atoms with E-state index in [0.29, 0.717) is 34.0 Å². The van der Waals surface area contributed by atoms with E-state index >= 15 is 0 Å². The highest BCUT2D eigenvalue weighted by molar-refractivity contribution is 6.35. The van der Waals surface area contributed by atoms with Crippen LogP contribution in [0.5, 0.6) is 0 Å². The van der Waals surface area contributed by atoms with Crippen molar-refractivity contribution in [3.05, 3.63) is 28.2 Å². The third-order valence-electron chi connectivity index (χ3n) is 3.80. The van der Waals surface area contributed by atoms with Crippen LogP contribution in [-0.2, 0) is 4.79 Å². The van der Waals surface area contributed by atoms with Crippen molar-refractivity contribution in [1.82, 2.24) is 4.90 Å². The average Bonchev–Trinajstić information content (AvgIpc) is 2.40. The van der Waals surface area contributed by atoms with Gasteiger partial charge in [-0.2, -0.15) is 0 Å². The third-order valence-corrected chi connectivity index (χ3v) is 4.37. The molecule has 0 aromatic heterocycles. The lowest BCUT2D eigenvalue weighted by atomic mass is 9.92. The fraction of sp³-hybridized carbons (Fsp3) is 0.562. The molecule has 0 saturated carbocycles. The second-order valence-electron chi connectivity index (χ2n) is 6.13. The van der Waals surface area contributed by atoms with Crippen molar-refractivity contribution >= 4 is 34.8 Å². The molecule has 1 aromatic carbocycles. The molecule has 1 aliphatic heterocycles. The third kappa shape index (κ3) is 5.17. The first kappa shape index (κ1) is 16.6. The van der Waals surface area contributed by atoms with Crippen molar-refractivity contribution in [2.45, 2.75) is 26.7 Å². The summed E-state index contributed by atoms with van der Waals surface area (Å²) in [5.74, 6) is 1.39. The number of hydrogen-bond donors (Lipinski definition) is 1. The van der Waals surface area contributed by atoms with Crippen molar-refractivity contribution in [2.24, 2.45) is 11.8 Å². The number of benzene rings is 1. The molecule has 2 rings (SSSR count). The van der Waals surface area contributed by atoms with Gasteiger partial charge in [0, 0.05) is 31.1 Å². The van der Waals surface area contributed by atoms with Gasteiger partial charge in [-0.05, 0) is 36.5 Å². The Bertz CT molecular complexity index is 497. The van der Waals surface area contributed by atoms with Crippen LogP contribution >= 0.6 is 23.2 Å². The molecule has 3 nitrogen and oxygen atoms in total. The SMILES string of the molecule is CC1CC(C)CN(CCC(=O)Nc2cc(Cl)ccc2Cl)C1. The summed E-state index contributed by atoms with van der Waals surface area (Å²) in [7, 11) is 0. The Labute approximate surface area is 136 Å². The second-order valence-corrected chi connectivity index (χ2v) is 6.97. The van der Waals surface area contributed by atoms with E-state index in [9.17, 15) is 4.79 Å². The first-order valence-electron chi connectivity index (χ1n) is 7.41. The summed E-state index contributed by atoms with van der Waals surface area (Å²) >= 11 is 12.0. The maximum atomic E-state index is 12.0. The Kier molecular flexibility index (Phi) is 5.91. The molecule has 0 spiro atoms. The van der Waals surface area contributed by atoms with Gasteiger partial charge in [-0.1, -0.05) is 37.0 Å². The minimum Gasteiger partial charge on any atom is -0.325 e. The van der Waals surface area contributed by atoms with Crippen LogP contribution in [0.25, 0.3) is 0 Å². The minimum absolute atomic E-state index is 0.0231. The number of nitrogens with one attached hydrogen (secondary N) is 1. The zero-order valence-electron chi connectivity index (χ0n) is 12.5. The first-order valence-corrected chi connectivity index (χ1v) is 8.17. The highest BCUT2D eigenvalue weighted by Gasteiger charge is 2.21. The Hall–Kier alpha value is -0.770. The topological polar surface area (TPSA) is 32.3 Å². The Morgan fingerprint density at radius 3 is 2.62 bits per heavy atom. The van der Waals surface area contributed by atoms with E-state index in [0.717, 1.165) is 19.6 Å². The molecule has 1 saturated heterocycles. The molecule has 1 aromatic rings. The normalized spacial score (nSPS) is 23.0. The molecule has 1 N–H and O–H groups in total. The molecule has 2 unspecified atom stereocenters. The lowest BCUT2D eigenvalue weighted by Gasteiger charge is -2.34. The fourth-order valence-electron chi connectivity index (χ4n) is 3.04. The van der Waals surface area contributed by atoms with E-state index in [2.05, 4.69) is 24.1 Å². The molecule has 5 heteroatoms. The van der Waals surface area contributed by atoms with E-state index in [1.54, 1.807) is 18.2 Å². The zero-order valence-corrected chi connectivity index (χ0v) is 14.0. The summed E-state index contributed by atoms with van der Waals surface area (Å²) in [5.41, 5.74) is 0.578. The molecule has 0 aliphatic carbocycles. The van der Waals surface area contributed by atoms with Crippen LogP contribution in [0.3, 0.4) is 0 Å². The van der Waals surface area contributed by atoms with Crippen molar-refractivity contribution in [3.63, 3.8) is 0 Å². The summed E-state index contributed by atoms with van der Waals surface area (Å²) in [5, 5.41) is 3.90. The maximum Gasteiger partial charge on any atom is 0.225 e. The zero-order chi connectivity index (χ0) is 15.4. The quantitative estimate of drug-likeness (QED) is 0.893. The van der Waals surface area contributed by atoms with Gasteiger partial charge in [0.1, 0.15) is 0 Å². The smallest absolute Gasteiger partial charge is 0.225 e. The van der Waals surface area contributed by atoms with Gasteiger partial charge < -0.3 is 10.2 Å².